The maximum atomic E-state index is 13.3. The highest BCUT2D eigenvalue weighted by atomic mass is 35.5. The van der Waals surface area contributed by atoms with Gasteiger partial charge >= 0.3 is 0 Å². The largest absolute Gasteiger partial charge is 0.284 e. The maximum absolute atomic E-state index is 13.3. The average Bonchev–Trinajstić information content (AvgIpc) is 3.14. The molecule has 28 heavy (non-hydrogen) atoms. The second-order valence-electron chi connectivity index (χ2n) is 6.15. The highest BCUT2D eigenvalue weighted by molar-refractivity contribution is 7.22. The average molecular weight is 428 g/mol. The van der Waals surface area contributed by atoms with Gasteiger partial charge in [-0.25, -0.2) is 9.97 Å². The Hall–Kier alpha value is -2.47. The molecule has 0 radical (unpaired) electrons. The Labute approximate surface area is 176 Å². The molecule has 140 valence electrons. The molecule has 0 fully saturated rings. The first-order chi connectivity index (χ1) is 13.6. The molecule has 0 aliphatic rings. The Morgan fingerprint density at radius 1 is 1.04 bits per heavy atom. The van der Waals surface area contributed by atoms with Crippen LogP contribution in [0.25, 0.3) is 10.2 Å². The number of anilines is 1. The monoisotopic (exact) mass is 427 g/mol. The van der Waals surface area contributed by atoms with E-state index in [2.05, 4.69) is 9.97 Å². The van der Waals surface area contributed by atoms with Crippen LogP contribution in [-0.2, 0) is 6.42 Å². The molecule has 0 bridgehead atoms. The van der Waals surface area contributed by atoms with Crippen LogP contribution in [0.4, 0.5) is 5.13 Å². The first-order valence-electron chi connectivity index (χ1n) is 8.64. The number of nitrogens with zero attached hydrogens (tertiary/aromatic N) is 3. The van der Waals surface area contributed by atoms with Gasteiger partial charge < -0.3 is 0 Å². The van der Waals surface area contributed by atoms with Gasteiger partial charge in [-0.2, -0.15) is 0 Å². The zero-order valence-corrected chi connectivity index (χ0v) is 17.0. The van der Waals surface area contributed by atoms with Crippen LogP contribution < -0.4 is 4.90 Å². The van der Waals surface area contributed by atoms with Crippen molar-refractivity contribution in [3.63, 3.8) is 0 Å². The van der Waals surface area contributed by atoms with E-state index in [0.29, 0.717) is 23.7 Å². The van der Waals surface area contributed by atoms with Crippen molar-refractivity contribution in [2.75, 3.05) is 11.4 Å². The van der Waals surface area contributed by atoms with E-state index >= 15 is 0 Å². The number of thiazole rings is 1. The molecule has 0 N–H and O–H groups in total. The molecule has 0 saturated heterocycles. The van der Waals surface area contributed by atoms with Crippen LogP contribution in [0.3, 0.4) is 0 Å². The summed E-state index contributed by atoms with van der Waals surface area (Å²) in [5, 5.41) is 1.07. The topological polar surface area (TPSA) is 46.1 Å². The standard InChI is InChI=1S/C21H15Cl2N3OS/c22-16-12-15(13-24-19(16)23)20(27)26(11-10-14-6-2-1-3-7-14)21-25-17-8-4-5-9-18(17)28-21/h1-9,12-13H,10-11H2. The van der Waals surface area contributed by atoms with E-state index in [1.807, 2.05) is 54.6 Å². The Kier molecular flexibility index (Phi) is 5.57. The summed E-state index contributed by atoms with van der Waals surface area (Å²) >= 11 is 13.5. The number of hydrogen-bond acceptors (Lipinski definition) is 4. The van der Waals surface area contributed by atoms with Gasteiger partial charge in [0.15, 0.2) is 5.13 Å². The molecular weight excluding hydrogens is 413 g/mol. The number of hydrogen-bond donors (Lipinski definition) is 0. The molecule has 7 heteroatoms. The molecule has 0 aliphatic carbocycles. The van der Waals surface area contributed by atoms with E-state index in [1.54, 1.807) is 11.0 Å². The summed E-state index contributed by atoms with van der Waals surface area (Å²) in [6.07, 6.45) is 2.15. The third kappa shape index (κ3) is 4.02. The van der Waals surface area contributed by atoms with Crippen LogP contribution in [0.1, 0.15) is 15.9 Å². The van der Waals surface area contributed by atoms with Crippen LogP contribution in [0.5, 0.6) is 0 Å². The van der Waals surface area contributed by atoms with Gasteiger partial charge in [0.05, 0.1) is 20.8 Å². The first kappa shape index (κ1) is 18.9. The molecule has 4 nitrogen and oxygen atoms in total. The number of aromatic nitrogens is 2. The predicted octanol–water partition coefficient (Wildman–Crippen LogP) is 5.89. The van der Waals surface area contributed by atoms with Crippen LogP contribution in [0.2, 0.25) is 10.2 Å². The molecule has 1 amide bonds. The van der Waals surface area contributed by atoms with Crippen LogP contribution in [0.15, 0.2) is 66.9 Å². The van der Waals surface area contributed by atoms with E-state index in [0.717, 1.165) is 15.8 Å². The van der Waals surface area contributed by atoms with Gasteiger partial charge in [-0.1, -0.05) is 77.0 Å². The number of halogens is 2. The predicted molar refractivity (Wildman–Crippen MR) is 116 cm³/mol. The van der Waals surface area contributed by atoms with Crippen LogP contribution in [0, 0.1) is 0 Å². The quantitative estimate of drug-likeness (QED) is 0.373. The minimum absolute atomic E-state index is 0.175. The van der Waals surface area contributed by atoms with Crippen molar-refractivity contribution in [1.82, 2.24) is 9.97 Å². The molecule has 2 aromatic carbocycles. The fourth-order valence-electron chi connectivity index (χ4n) is 2.84. The summed E-state index contributed by atoms with van der Waals surface area (Å²) in [5.41, 5.74) is 2.39. The molecule has 2 heterocycles. The lowest BCUT2D eigenvalue weighted by Gasteiger charge is -2.20. The van der Waals surface area contributed by atoms with E-state index in [-0.39, 0.29) is 16.1 Å². The summed E-state index contributed by atoms with van der Waals surface area (Å²) in [6, 6.07) is 19.4. The molecule has 0 spiro atoms. The summed E-state index contributed by atoms with van der Waals surface area (Å²) in [6.45, 7) is 0.489. The van der Waals surface area contributed by atoms with Crippen molar-refractivity contribution in [2.45, 2.75) is 6.42 Å². The molecule has 0 unspecified atom stereocenters. The lowest BCUT2D eigenvalue weighted by molar-refractivity contribution is 0.0987. The van der Waals surface area contributed by atoms with Gasteiger partial charge in [0.2, 0.25) is 0 Å². The smallest absolute Gasteiger partial charge is 0.261 e. The van der Waals surface area contributed by atoms with Gasteiger partial charge in [-0.05, 0) is 30.2 Å². The lowest BCUT2D eigenvalue weighted by atomic mass is 10.1. The highest BCUT2D eigenvalue weighted by Gasteiger charge is 2.22. The van der Waals surface area contributed by atoms with Crippen molar-refractivity contribution < 1.29 is 4.79 Å². The fourth-order valence-corrected chi connectivity index (χ4v) is 4.10. The van der Waals surface area contributed by atoms with E-state index < -0.39 is 0 Å². The summed E-state index contributed by atoms with van der Waals surface area (Å²) in [7, 11) is 0. The number of carbonyl (C=O) groups excluding carboxylic acids is 1. The normalized spacial score (nSPS) is 10.9. The second-order valence-corrected chi connectivity index (χ2v) is 7.93. The van der Waals surface area contributed by atoms with Gasteiger partial charge in [-0.3, -0.25) is 9.69 Å². The molecule has 2 aromatic heterocycles. The van der Waals surface area contributed by atoms with Gasteiger partial charge in [-0.15, -0.1) is 0 Å². The third-order valence-electron chi connectivity index (χ3n) is 4.27. The number of benzene rings is 2. The summed E-state index contributed by atoms with van der Waals surface area (Å²) in [4.78, 5) is 23.6. The lowest BCUT2D eigenvalue weighted by Crippen LogP contribution is -2.33. The Morgan fingerprint density at radius 2 is 1.79 bits per heavy atom. The highest BCUT2D eigenvalue weighted by Crippen LogP contribution is 2.30. The maximum Gasteiger partial charge on any atom is 0.261 e. The van der Waals surface area contributed by atoms with Gasteiger partial charge in [0, 0.05) is 12.7 Å². The van der Waals surface area contributed by atoms with Crippen molar-refractivity contribution in [3.8, 4) is 0 Å². The van der Waals surface area contributed by atoms with Crippen molar-refractivity contribution >= 4 is 55.8 Å². The van der Waals surface area contributed by atoms with Gasteiger partial charge in [0.25, 0.3) is 5.91 Å². The zero-order chi connectivity index (χ0) is 19.5. The van der Waals surface area contributed by atoms with Crippen LogP contribution >= 0.6 is 34.5 Å². The second kappa shape index (κ2) is 8.27. The van der Waals surface area contributed by atoms with Gasteiger partial charge in [0.1, 0.15) is 5.15 Å². The SMILES string of the molecule is O=C(c1cnc(Cl)c(Cl)c1)N(CCc1ccccc1)c1nc2ccccc2s1. The molecule has 4 rings (SSSR count). The van der Waals surface area contributed by atoms with E-state index in [1.165, 1.54) is 17.5 Å². The van der Waals surface area contributed by atoms with E-state index in [4.69, 9.17) is 23.2 Å². The number of fused-ring (bicyclic) bond motifs is 1. The molecule has 0 aliphatic heterocycles. The summed E-state index contributed by atoms with van der Waals surface area (Å²) in [5.74, 6) is -0.207. The molecule has 4 aromatic rings. The molecular formula is C21H15Cl2N3OS. The Balaban J connectivity index is 1.69. The minimum atomic E-state index is -0.207. The number of carbonyl (C=O) groups is 1. The number of pyridine rings is 1. The molecule has 0 saturated carbocycles. The summed E-state index contributed by atoms with van der Waals surface area (Å²) < 4.78 is 1.03. The van der Waals surface area contributed by atoms with Crippen molar-refractivity contribution in [2.24, 2.45) is 0 Å². The Morgan fingerprint density at radius 3 is 2.54 bits per heavy atom. The molecule has 0 atom stereocenters. The van der Waals surface area contributed by atoms with Crippen LogP contribution in [-0.4, -0.2) is 22.4 Å². The first-order valence-corrected chi connectivity index (χ1v) is 10.2. The number of rotatable bonds is 5. The number of amides is 1. The number of para-hydroxylation sites is 1. The third-order valence-corrected chi connectivity index (χ3v) is 6.01. The van der Waals surface area contributed by atoms with Crippen molar-refractivity contribution in [3.05, 3.63) is 88.2 Å². The minimum Gasteiger partial charge on any atom is -0.284 e. The zero-order valence-electron chi connectivity index (χ0n) is 14.7. The Bertz CT molecular complexity index is 1100. The van der Waals surface area contributed by atoms with Crippen molar-refractivity contribution in [1.29, 1.82) is 0 Å². The van der Waals surface area contributed by atoms with E-state index in [9.17, 15) is 4.79 Å². The fraction of sp³-hybridized carbons (Fsp3) is 0.0952.